The second kappa shape index (κ2) is 8.73. The number of hydrogen-bond acceptors (Lipinski definition) is 5. The summed E-state index contributed by atoms with van der Waals surface area (Å²) >= 11 is 11.9. The van der Waals surface area contributed by atoms with Crippen LogP contribution in [-0.2, 0) is 6.42 Å². The number of carbonyl (C=O) groups is 1. The normalized spacial score (nSPS) is 10.3. The number of rotatable bonds is 7. The molecule has 0 radical (unpaired) electrons. The summed E-state index contributed by atoms with van der Waals surface area (Å²) in [5.74, 6) is 0.218. The van der Waals surface area contributed by atoms with Gasteiger partial charge < -0.3 is 14.8 Å². The van der Waals surface area contributed by atoms with Gasteiger partial charge in [-0.3, -0.25) is 14.9 Å². The van der Waals surface area contributed by atoms with E-state index in [-0.39, 0.29) is 40.0 Å². The monoisotopic (exact) mass is 398 g/mol. The first kappa shape index (κ1) is 19.8. The molecule has 0 spiro atoms. The van der Waals surface area contributed by atoms with Crippen LogP contribution in [0, 0.1) is 10.1 Å². The number of methoxy groups -OCH3 is 2. The van der Waals surface area contributed by atoms with Crippen molar-refractivity contribution in [1.82, 2.24) is 5.32 Å². The number of nitrogens with one attached hydrogen (secondary N) is 1. The van der Waals surface area contributed by atoms with Gasteiger partial charge in [0.1, 0.15) is 0 Å². The third kappa shape index (κ3) is 4.36. The minimum Gasteiger partial charge on any atom is -0.493 e. The summed E-state index contributed by atoms with van der Waals surface area (Å²) in [7, 11) is 2.84. The highest BCUT2D eigenvalue weighted by atomic mass is 35.5. The van der Waals surface area contributed by atoms with Crippen LogP contribution in [0.25, 0.3) is 0 Å². The van der Waals surface area contributed by atoms with E-state index in [9.17, 15) is 14.9 Å². The van der Waals surface area contributed by atoms with Gasteiger partial charge >= 0.3 is 0 Å². The van der Waals surface area contributed by atoms with E-state index in [1.165, 1.54) is 26.4 Å². The molecule has 0 aliphatic heterocycles. The van der Waals surface area contributed by atoms with Crippen molar-refractivity contribution in [3.8, 4) is 11.5 Å². The fourth-order valence-corrected chi connectivity index (χ4v) is 2.75. The first-order valence-corrected chi connectivity index (χ1v) is 8.26. The minimum absolute atomic E-state index is 0.113. The molecule has 0 aliphatic carbocycles. The number of hydrogen-bond donors (Lipinski definition) is 1. The summed E-state index contributed by atoms with van der Waals surface area (Å²) in [6.45, 7) is 0.165. The lowest BCUT2D eigenvalue weighted by atomic mass is 10.1. The predicted octanol–water partition coefficient (Wildman–Crippen LogP) is 3.89. The highest BCUT2D eigenvalue weighted by Gasteiger charge is 2.20. The Morgan fingerprint density at radius 2 is 1.85 bits per heavy atom. The summed E-state index contributed by atoms with van der Waals surface area (Å²) < 4.78 is 10.3. The molecule has 0 atom stereocenters. The van der Waals surface area contributed by atoms with Gasteiger partial charge in [0.2, 0.25) is 0 Å². The number of ether oxygens (including phenoxy) is 2. The molecule has 2 aromatic carbocycles. The highest BCUT2D eigenvalue weighted by Crippen LogP contribution is 2.34. The van der Waals surface area contributed by atoms with Crippen LogP contribution in [0.2, 0.25) is 10.0 Å². The third-order valence-electron chi connectivity index (χ3n) is 3.66. The van der Waals surface area contributed by atoms with E-state index < -0.39 is 10.8 Å². The van der Waals surface area contributed by atoms with Crippen LogP contribution in [0.1, 0.15) is 15.9 Å². The summed E-state index contributed by atoms with van der Waals surface area (Å²) in [5, 5.41) is 14.4. The number of nitrogens with zero attached hydrogens (tertiary/aromatic N) is 1. The van der Waals surface area contributed by atoms with Crippen molar-refractivity contribution in [2.24, 2.45) is 0 Å². The number of carbonyl (C=O) groups excluding carboxylic acids is 1. The Labute approximate surface area is 160 Å². The van der Waals surface area contributed by atoms with Crippen LogP contribution in [-0.4, -0.2) is 31.6 Å². The van der Waals surface area contributed by atoms with Gasteiger partial charge in [-0.05, 0) is 24.6 Å². The second-order valence-corrected chi connectivity index (χ2v) is 5.99. The molecule has 0 fully saturated rings. The van der Waals surface area contributed by atoms with Gasteiger partial charge in [0.05, 0.1) is 40.8 Å². The van der Waals surface area contributed by atoms with Gasteiger partial charge in [-0.1, -0.05) is 29.3 Å². The Morgan fingerprint density at radius 1 is 1.19 bits per heavy atom. The smallest absolute Gasteiger partial charge is 0.276 e. The standard InChI is InChI=1S/C17H16Cl2N2O5/c1-25-14-8-10(13(21(23)24)9-15(14)26-2)6-7-20-17(22)11-4-3-5-12(18)16(11)19/h3-5,8-9H,6-7H2,1-2H3,(H,20,22). The van der Waals surface area contributed by atoms with Gasteiger partial charge in [0.25, 0.3) is 11.6 Å². The third-order valence-corrected chi connectivity index (χ3v) is 4.48. The van der Waals surface area contributed by atoms with Crippen molar-refractivity contribution in [2.45, 2.75) is 6.42 Å². The zero-order valence-corrected chi connectivity index (χ0v) is 15.6. The Kier molecular flexibility index (Phi) is 6.65. The topological polar surface area (TPSA) is 90.7 Å². The molecule has 0 heterocycles. The molecule has 1 N–H and O–H groups in total. The van der Waals surface area contributed by atoms with E-state index in [0.29, 0.717) is 11.3 Å². The van der Waals surface area contributed by atoms with E-state index >= 15 is 0 Å². The summed E-state index contributed by atoms with van der Waals surface area (Å²) in [6.07, 6.45) is 0.223. The lowest BCUT2D eigenvalue weighted by molar-refractivity contribution is -0.385. The fourth-order valence-electron chi connectivity index (χ4n) is 2.37. The molecule has 0 saturated carbocycles. The van der Waals surface area contributed by atoms with Crippen LogP contribution >= 0.6 is 23.2 Å². The van der Waals surface area contributed by atoms with Crippen LogP contribution in [0.5, 0.6) is 11.5 Å². The number of benzene rings is 2. The van der Waals surface area contributed by atoms with Gasteiger partial charge in [-0.2, -0.15) is 0 Å². The zero-order valence-electron chi connectivity index (χ0n) is 14.0. The number of amides is 1. The lowest BCUT2D eigenvalue weighted by Gasteiger charge is -2.11. The van der Waals surface area contributed by atoms with Crippen LogP contribution in [0.3, 0.4) is 0 Å². The molecule has 26 heavy (non-hydrogen) atoms. The maximum atomic E-state index is 12.2. The van der Waals surface area contributed by atoms with Crippen LogP contribution in [0.15, 0.2) is 30.3 Å². The van der Waals surface area contributed by atoms with Crippen molar-refractivity contribution in [2.75, 3.05) is 20.8 Å². The Bertz CT molecular complexity index is 842. The van der Waals surface area contributed by atoms with Crippen molar-refractivity contribution >= 4 is 34.8 Å². The molecule has 138 valence electrons. The number of nitro groups is 1. The van der Waals surface area contributed by atoms with Gasteiger partial charge in [0, 0.05) is 12.1 Å². The quantitative estimate of drug-likeness (QED) is 0.564. The summed E-state index contributed by atoms with van der Waals surface area (Å²) in [4.78, 5) is 23.0. The van der Waals surface area contributed by atoms with E-state index in [1.54, 1.807) is 18.2 Å². The van der Waals surface area contributed by atoms with Crippen molar-refractivity contribution in [3.63, 3.8) is 0 Å². The molecule has 7 nitrogen and oxygen atoms in total. The number of nitro benzene ring substituents is 1. The highest BCUT2D eigenvalue weighted by molar-refractivity contribution is 6.43. The van der Waals surface area contributed by atoms with E-state index in [1.807, 2.05) is 0 Å². The van der Waals surface area contributed by atoms with Crippen molar-refractivity contribution in [1.29, 1.82) is 0 Å². The lowest BCUT2D eigenvalue weighted by Crippen LogP contribution is -2.26. The van der Waals surface area contributed by atoms with Crippen LogP contribution in [0.4, 0.5) is 5.69 Å². The Morgan fingerprint density at radius 3 is 2.46 bits per heavy atom. The molecular formula is C17H16Cl2N2O5. The van der Waals surface area contributed by atoms with E-state index in [4.69, 9.17) is 32.7 Å². The Balaban J connectivity index is 2.15. The minimum atomic E-state index is -0.507. The molecule has 0 bridgehead atoms. The average Bonchev–Trinajstić information content (AvgIpc) is 2.63. The molecule has 2 aromatic rings. The fraction of sp³-hybridized carbons (Fsp3) is 0.235. The van der Waals surface area contributed by atoms with Gasteiger partial charge in [0.15, 0.2) is 11.5 Å². The molecular weight excluding hydrogens is 383 g/mol. The maximum absolute atomic E-state index is 12.2. The predicted molar refractivity (Wildman–Crippen MR) is 98.7 cm³/mol. The average molecular weight is 399 g/mol. The molecule has 0 unspecified atom stereocenters. The largest absolute Gasteiger partial charge is 0.493 e. The summed E-state index contributed by atoms with van der Waals surface area (Å²) in [5.41, 5.74) is 0.531. The van der Waals surface area contributed by atoms with E-state index in [2.05, 4.69) is 5.32 Å². The molecule has 2 rings (SSSR count). The van der Waals surface area contributed by atoms with Crippen molar-refractivity contribution in [3.05, 3.63) is 61.6 Å². The Hall–Kier alpha value is -2.51. The zero-order chi connectivity index (χ0) is 19.3. The molecule has 0 aliphatic rings. The van der Waals surface area contributed by atoms with Crippen molar-refractivity contribution < 1.29 is 19.2 Å². The molecule has 1 amide bonds. The van der Waals surface area contributed by atoms with Gasteiger partial charge in [-0.15, -0.1) is 0 Å². The van der Waals surface area contributed by atoms with E-state index in [0.717, 1.165) is 0 Å². The molecule has 9 heteroatoms. The van der Waals surface area contributed by atoms with Gasteiger partial charge in [-0.25, -0.2) is 0 Å². The molecule has 0 aromatic heterocycles. The first-order valence-electron chi connectivity index (χ1n) is 7.50. The second-order valence-electron chi connectivity index (χ2n) is 5.20. The SMILES string of the molecule is COc1cc(CCNC(=O)c2cccc(Cl)c2Cl)c([N+](=O)[O-])cc1OC. The number of halogens is 2. The molecule has 0 saturated heterocycles. The summed E-state index contributed by atoms with van der Waals surface area (Å²) in [6, 6.07) is 7.55. The maximum Gasteiger partial charge on any atom is 0.276 e. The first-order chi connectivity index (χ1) is 12.4. The van der Waals surface area contributed by atoms with Crippen LogP contribution < -0.4 is 14.8 Å².